The van der Waals surface area contributed by atoms with Gasteiger partial charge < -0.3 is 26.3 Å². The lowest BCUT2D eigenvalue weighted by molar-refractivity contribution is -0.138. The minimum Gasteiger partial charge on any atom is -0.481 e. The van der Waals surface area contributed by atoms with Crippen LogP contribution in [0.15, 0.2) is 0 Å². The Morgan fingerprint density at radius 2 is 1.90 bits per heavy atom. The average Bonchev–Trinajstić information content (AvgIpc) is 2.41. The average molecular weight is 303 g/mol. The van der Waals surface area contributed by atoms with Crippen LogP contribution in [0, 0.1) is 5.92 Å². The van der Waals surface area contributed by atoms with Crippen LogP contribution in [0.2, 0.25) is 0 Å². The van der Waals surface area contributed by atoms with Crippen LogP contribution < -0.4 is 16.4 Å². The quantitative estimate of drug-likeness (QED) is 0.259. The van der Waals surface area contributed by atoms with Gasteiger partial charge in [0, 0.05) is 6.54 Å². The Bertz CT molecular complexity index is 296. The summed E-state index contributed by atoms with van der Waals surface area (Å²) in [6.07, 6.45) is 2.80. The molecular formula is C14H29N3O4. The third-order valence-corrected chi connectivity index (χ3v) is 2.55. The second-order valence-electron chi connectivity index (χ2n) is 5.03. The van der Waals surface area contributed by atoms with E-state index in [1.165, 1.54) is 0 Å². The van der Waals surface area contributed by atoms with Gasteiger partial charge in [-0.25, -0.2) is 0 Å². The highest BCUT2D eigenvalue weighted by atomic mass is 16.4. The van der Waals surface area contributed by atoms with Crippen molar-refractivity contribution in [2.75, 3.05) is 20.1 Å². The first-order chi connectivity index (χ1) is 9.88. The molecule has 0 bridgehead atoms. The Kier molecular flexibility index (Phi) is 15.5. The number of carbonyl (C=O) groups excluding carboxylic acids is 2. The second-order valence-corrected chi connectivity index (χ2v) is 5.03. The number of carbonyl (C=O) groups is 3. The SMILES string of the molecule is CNC(CCCCN)C(=O)NCC(C)C.O=CCC(=O)O. The summed E-state index contributed by atoms with van der Waals surface area (Å²) in [7, 11) is 1.82. The largest absolute Gasteiger partial charge is 0.481 e. The maximum atomic E-state index is 11.7. The van der Waals surface area contributed by atoms with Gasteiger partial charge in [-0.1, -0.05) is 20.3 Å². The highest BCUT2D eigenvalue weighted by Crippen LogP contribution is 2.00. The molecule has 124 valence electrons. The molecule has 21 heavy (non-hydrogen) atoms. The van der Waals surface area contributed by atoms with Crippen molar-refractivity contribution in [2.45, 2.75) is 45.6 Å². The molecule has 0 spiro atoms. The highest BCUT2D eigenvalue weighted by Gasteiger charge is 2.15. The van der Waals surface area contributed by atoms with E-state index in [1.807, 2.05) is 7.05 Å². The molecule has 1 unspecified atom stereocenters. The summed E-state index contributed by atoms with van der Waals surface area (Å²) in [5.74, 6) is -0.483. The Morgan fingerprint density at radius 3 is 2.24 bits per heavy atom. The first-order valence-electron chi connectivity index (χ1n) is 7.19. The van der Waals surface area contributed by atoms with Gasteiger partial charge >= 0.3 is 5.97 Å². The van der Waals surface area contributed by atoms with Gasteiger partial charge in [-0.2, -0.15) is 0 Å². The van der Waals surface area contributed by atoms with E-state index >= 15 is 0 Å². The zero-order chi connectivity index (χ0) is 16.7. The van der Waals surface area contributed by atoms with Crippen molar-refractivity contribution in [1.82, 2.24) is 10.6 Å². The molecule has 0 aliphatic carbocycles. The fourth-order valence-electron chi connectivity index (χ4n) is 1.40. The molecule has 0 aromatic rings. The lowest BCUT2D eigenvalue weighted by Gasteiger charge is -2.16. The minimum absolute atomic E-state index is 0.0738. The van der Waals surface area contributed by atoms with Crippen molar-refractivity contribution < 1.29 is 19.5 Å². The number of aliphatic carboxylic acids is 1. The smallest absolute Gasteiger partial charge is 0.310 e. The molecule has 0 aromatic carbocycles. The number of amides is 1. The van der Waals surface area contributed by atoms with E-state index in [9.17, 15) is 14.4 Å². The maximum absolute atomic E-state index is 11.7. The number of nitrogens with two attached hydrogens (primary N) is 1. The van der Waals surface area contributed by atoms with Crippen LogP contribution >= 0.6 is 0 Å². The third kappa shape index (κ3) is 16.5. The van der Waals surface area contributed by atoms with E-state index in [4.69, 9.17) is 10.8 Å². The number of nitrogens with one attached hydrogen (secondary N) is 2. The molecule has 0 heterocycles. The fourth-order valence-corrected chi connectivity index (χ4v) is 1.40. The minimum atomic E-state index is -1.08. The molecule has 7 heteroatoms. The molecule has 0 saturated carbocycles. The molecule has 0 radical (unpaired) electrons. The number of carboxylic acid groups (broad SMARTS) is 1. The van der Waals surface area contributed by atoms with E-state index < -0.39 is 5.97 Å². The normalized spacial score (nSPS) is 11.3. The molecule has 0 rings (SSSR count). The predicted molar refractivity (Wildman–Crippen MR) is 81.9 cm³/mol. The van der Waals surface area contributed by atoms with Crippen LogP contribution in [-0.4, -0.2) is 49.4 Å². The number of carboxylic acids is 1. The van der Waals surface area contributed by atoms with Gasteiger partial charge in [0.05, 0.1) is 6.04 Å². The van der Waals surface area contributed by atoms with Gasteiger partial charge in [-0.3, -0.25) is 9.59 Å². The zero-order valence-corrected chi connectivity index (χ0v) is 13.2. The molecule has 7 nitrogen and oxygen atoms in total. The van der Waals surface area contributed by atoms with Crippen LogP contribution in [0.4, 0.5) is 0 Å². The van der Waals surface area contributed by atoms with Gasteiger partial charge in [0.15, 0.2) is 0 Å². The highest BCUT2D eigenvalue weighted by molar-refractivity contribution is 5.82. The summed E-state index contributed by atoms with van der Waals surface area (Å²) in [5, 5.41) is 13.6. The summed E-state index contributed by atoms with van der Waals surface area (Å²) >= 11 is 0. The fraction of sp³-hybridized carbons (Fsp3) is 0.786. The van der Waals surface area contributed by atoms with Gasteiger partial charge in [-0.05, 0) is 32.4 Å². The van der Waals surface area contributed by atoms with Crippen LogP contribution in [0.1, 0.15) is 39.5 Å². The summed E-state index contributed by atoms with van der Waals surface area (Å²) in [6, 6.07) is -0.0738. The summed E-state index contributed by atoms with van der Waals surface area (Å²) in [4.78, 5) is 30.3. The number of unbranched alkanes of at least 4 members (excludes halogenated alkanes) is 1. The molecule has 0 aliphatic rings. The summed E-state index contributed by atoms with van der Waals surface area (Å²) < 4.78 is 0. The van der Waals surface area contributed by atoms with Crippen molar-refractivity contribution in [3.05, 3.63) is 0 Å². The van der Waals surface area contributed by atoms with Crippen LogP contribution in [-0.2, 0) is 14.4 Å². The number of likely N-dealkylation sites (N-methyl/N-ethyl adjacent to an activating group) is 1. The lowest BCUT2D eigenvalue weighted by atomic mass is 10.1. The van der Waals surface area contributed by atoms with Crippen LogP contribution in [0.3, 0.4) is 0 Å². The lowest BCUT2D eigenvalue weighted by Crippen LogP contribution is -2.43. The van der Waals surface area contributed by atoms with Crippen molar-refractivity contribution in [1.29, 1.82) is 0 Å². The summed E-state index contributed by atoms with van der Waals surface area (Å²) in [5.41, 5.74) is 5.41. The first-order valence-corrected chi connectivity index (χ1v) is 7.19. The monoisotopic (exact) mass is 303 g/mol. The Balaban J connectivity index is 0. The van der Waals surface area contributed by atoms with E-state index in [2.05, 4.69) is 24.5 Å². The van der Waals surface area contributed by atoms with Crippen molar-refractivity contribution in [3.8, 4) is 0 Å². The molecule has 0 saturated heterocycles. The standard InChI is InChI=1S/C11H25N3O.C3H4O3/c1-9(2)8-14-11(15)10(13-3)6-4-5-7-12;4-2-1-3(5)6/h9-10,13H,4-8,12H2,1-3H3,(H,14,15);2H,1H2,(H,5,6). The molecule has 1 atom stereocenters. The van der Waals surface area contributed by atoms with Crippen LogP contribution in [0.25, 0.3) is 0 Å². The zero-order valence-electron chi connectivity index (χ0n) is 13.2. The topological polar surface area (TPSA) is 122 Å². The van der Waals surface area contributed by atoms with Crippen LogP contribution in [0.5, 0.6) is 0 Å². The number of aldehydes is 1. The van der Waals surface area contributed by atoms with Gasteiger partial charge in [0.2, 0.25) is 5.91 Å². The predicted octanol–water partition coefficient (Wildman–Crippen LogP) is 0.136. The maximum Gasteiger partial charge on any atom is 0.310 e. The Labute approximate surface area is 126 Å². The van der Waals surface area contributed by atoms with E-state index in [0.717, 1.165) is 25.8 Å². The third-order valence-electron chi connectivity index (χ3n) is 2.55. The van der Waals surface area contributed by atoms with Gasteiger partial charge in [-0.15, -0.1) is 0 Å². The number of hydrogen-bond donors (Lipinski definition) is 4. The van der Waals surface area contributed by atoms with Gasteiger partial charge in [0.25, 0.3) is 0 Å². The first kappa shape index (κ1) is 21.8. The summed E-state index contributed by atoms with van der Waals surface area (Å²) in [6.45, 7) is 5.62. The van der Waals surface area contributed by atoms with E-state index in [1.54, 1.807) is 0 Å². The molecule has 0 aromatic heterocycles. The Hall–Kier alpha value is -1.47. The van der Waals surface area contributed by atoms with E-state index in [-0.39, 0.29) is 18.4 Å². The number of hydrogen-bond acceptors (Lipinski definition) is 5. The van der Waals surface area contributed by atoms with Crippen molar-refractivity contribution >= 4 is 18.2 Å². The molecule has 0 fully saturated rings. The molecule has 0 aliphatic heterocycles. The molecule has 5 N–H and O–H groups in total. The molecular weight excluding hydrogens is 274 g/mol. The van der Waals surface area contributed by atoms with E-state index in [0.29, 0.717) is 18.7 Å². The van der Waals surface area contributed by atoms with Crippen molar-refractivity contribution in [3.63, 3.8) is 0 Å². The van der Waals surface area contributed by atoms with Gasteiger partial charge in [0.1, 0.15) is 12.7 Å². The van der Waals surface area contributed by atoms with Crippen molar-refractivity contribution in [2.24, 2.45) is 11.7 Å². The molecule has 1 amide bonds. The number of rotatable bonds is 10. The Morgan fingerprint density at radius 1 is 1.29 bits per heavy atom. The second kappa shape index (κ2) is 14.9.